The maximum Gasteiger partial charge on any atom is 0.248 e. The molecule has 5 heteroatoms. The maximum absolute atomic E-state index is 12.7. The molecule has 1 fully saturated rings. The van der Waals surface area contributed by atoms with Crippen LogP contribution in [0.15, 0.2) is 18.2 Å². The predicted octanol–water partition coefficient (Wildman–Crippen LogP) is 3.69. The molecule has 25 heavy (non-hydrogen) atoms. The van der Waals surface area contributed by atoms with Crippen molar-refractivity contribution in [3.8, 4) is 0 Å². The summed E-state index contributed by atoms with van der Waals surface area (Å²) >= 11 is 0. The normalized spacial score (nSPS) is 22.7. The van der Waals surface area contributed by atoms with E-state index in [-0.39, 0.29) is 23.7 Å². The Morgan fingerprint density at radius 3 is 2.52 bits per heavy atom. The molecule has 0 radical (unpaired) electrons. The van der Waals surface area contributed by atoms with Crippen LogP contribution in [0.2, 0.25) is 0 Å². The number of aromatic nitrogens is 1. The summed E-state index contributed by atoms with van der Waals surface area (Å²) in [5.74, 6) is 1.16. The zero-order chi connectivity index (χ0) is 18.4. The van der Waals surface area contributed by atoms with Crippen molar-refractivity contribution in [3.05, 3.63) is 23.9 Å². The van der Waals surface area contributed by atoms with Crippen LogP contribution in [-0.2, 0) is 9.59 Å². The minimum atomic E-state index is -0.529. The van der Waals surface area contributed by atoms with Gasteiger partial charge in [0.05, 0.1) is 0 Å². The second kappa shape index (κ2) is 8.97. The summed E-state index contributed by atoms with van der Waals surface area (Å²) in [4.78, 5) is 29.7. The van der Waals surface area contributed by atoms with E-state index in [0.29, 0.717) is 11.7 Å². The Hall–Kier alpha value is -1.91. The zero-order valence-corrected chi connectivity index (χ0v) is 15.8. The van der Waals surface area contributed by atoms with E-state index in [2.05, 4.69) is 22.5 Å². The molecule has 0 unspecified atom stereocenters. The van der Waals surface area contributed by atoms with Crippen LogP contribution >= 0.6 is 0 Å². The molecule has 2 atom stereocenters. The molecule has 0 aromatic carbocycles. The van der Waals surface area contributed by atoms with Crippen LogP contribution in [0.1, 0.15) is 58.6 Å². The number of carbonyl (C=O) groups is 2. The average Bonchev–Trinajstić information content (AvgIpc) is 2.59. The smallest absolute Gasteiger partial charge is 0.248 e. The minimum absolute atomic E-state index is 0.0181. The lowest BCUT2D eigenvalue weighted by atomic mass is 9.82. The number of hydrogen-bond acceptors (Lipinski definition) is 3. The van der Waals surface area contributed by atoms with Crippen LogP contribution < -0.4 is 10.6 Å². The summed E-state index contributed by atoms with van der Waals surface area (Å²) in [7, 11) is 0. The standard InChI is InChI=1S/C20H31N3O2/c1-5-14(3)18(20(25)22-17-8-6-7-15(4)21-17)23-19(24)16-11-9-13(2)10-12-16/h6-8,13-14,16,18H,5,9-12H2,1-4H3,(H,23,24)(H,21,22,25)/t13?,14-,16?,18+/m0/s1. The Morgan fingerprint density at radius 2 is 1.92 bits per heavy atom. The number of pyridine rings is 1. The Balaban J connectivity index is 2.02. The van der Waals surface area contributed by atoms with Crippen molar-refractivity contribution in [3.63, 3.8) is 0 Å². The molecule has 1 saturated carbocycles. The monoisotopic (exact) mass is 345 g/mol. The van der Waals surface area contributed by atoms with E-state index in [1.165, 1.54) is 0 Å². The van der Waals surface area contributed by atoms with Gasteiger partial charge in [-0.1, -0.05) is 33.3 Å². The summed E-state index contributed by atoms with van der Waals surface area (Å²) in [6.45, 7) is 8.15. The summed E-state index contributed by atoms with van der Waals surface area (Å²) in [6.07, 6.45) is 4.83. The molecule has 0 aliphatic heterocycles. The van der Waals surface area contributed by atoms with Gasteiger partial charge in [-0.15, -0.1) is 0 Å². The molecule has 2 amide bonds. The lowest BCUT2D eigenvalue weighted by Crippen LogP contribution is -2.50. The summed E-state index contributed by atoms with van der Waals surface area (Å²) < 4.78 is 0. The topological polar surface area (TPSA) is 71.1 Å². The van der Waals surface area contributed by atoms with Gasteiger partial charge in [0.25, 0.3) is 0 Å². The molecule has 1 aromatic heterocycles. The van der Waals surface area contributed by atoms with Gasteiger partial charge in [-0.25, -0.2) is 4.98 Å². The first-order valence-corrected chi connectivity index (χ1v) is 9.45. The van der Waals surface area contributed by atoms with E-state index >= 15 is 0 Å². The second-order valence-corrected chi connectivity index (χ2v) is 7.48. The summed E-state index contributed by atoms with van der Waals surface area (Å²) in [5, 5.41) is 5.86. The molecule has 1 heterocycles. The van der Waals surface area contributed by atoms with Gasteiger partial charge in [-0.2, -0.15) is 0 Å². The van der Waals surface area contributed by atoms with Crippen molar-refractivity contribution in [2.24, 2.45) is 17.8 Å². The van der Waals surface area contributed by atoms with Crippen LogP contribution in [0, 0.1) is 24.7 Å². The Bertz CT molecular complexity index is 594. The largest absolute Gasteiger partial charge is 0.344 e. The highest BCUT2D eigenvalue weighted by molar-refractivity contribution is 5.97. The molecule has 138 valence electrons. The van der Waals surface area contributed by atoms with E-state index in [1.54, 1.807) is 6.07 Å². The van der Waals surface area contributed by atoms with E-state index in [0.717, 1.165) is 37.8 Å². The van der Waals surface area contributed by atoms with Crippen LogP contribution in [0.25, 0.3) is 0 Å². The van der Waals surface area contributed by atoms with Gasteiger partial charge < -0.3 is 10.6 Å². The van der Waals surface area contributed by atoms with E-state index < -0.39 is 6.04 Å². The van der Waals surface area contributed by atoms with Gasteiger partial charge >= 0.3 is 0 Å². The third-order valence-corrected chi connectivity index (χ3v) is 5.32. The fourth-order valence-corrected chi connectivity index (χ4v) is 3.31. The average molecular weight is 345 g/mol. The number of amides is 2. The molecule has 5 nitrogen and oxygen atoms in total. The SMILES string of the molecule is CC[C@H](C)[C@@H](NC(=O)C1CCC(C)CC1)C(=O)Nc1cccc(C)n1. The number of rotatable bonds is 6. The molecule has 0 saturated heterocycles. The molecule has 1 aliphatic carbocycles. The first-order valence-electron chi connectivity index (χ1n) is 9.45. The molecule has 2 rings (SSSR count). The quantitative estimate of drug-likeness (QED) is 0.826. The van der Waals surface area contributed by atoms with Gasteiger partial charge in [0.1, 0.15) is 11.9 Å². The Morgan fingerprint density at radius 1 is 1.24 bits per heavy atom. The fourth-order valence-electron chi connectivity index (χ4n) is 3.31. The number of nitrogens with one attached hydrogen (secondary N) is 2. The van der Waals surface area contributed by atoms with Gasteiger partial charge in [0.15, 0.2) is 0 Å². The fraction of sp³-hybridized carbons (Fsp3) is 0.650. The molecular formula is C20H31N3O2. The molecule has 1 aliphatic rings. The highest BCUT2D eigenvalue weighted by atomic mass is 16.2. The zero-order valence-electron chi connectivity index (χ0n) is 15.8. The van der Waals surface area contributed by atoms with Crippen LogP contribution in [-0.4, -0.2) is 22.8 Å². The molecule has 0 spiro atoms. The number of nitrogens with zero attached hydrogens (tertiary/aromatic N) is 1. The molecule has 2 N–H and O–H groups in total. The van der Waals surface area contributed by atoms with E-state index in [9.17, 15) is 9.59 Å². The Labute approximate surface area is 151 Å². The molecular weight excluding hydrogens is 314 g/mol. The van der Waals surface area contributed by atoms with Gasteiger partial charge in [0, 0.05) is 11.6 Å². The first kappa shape index (κ1) is 19.4. The highest BCUT2D eigenvalue weighted by Gasteiger charge is 2.30. The van der Waals surface area contributed by atoms with Crippen molar-refractivity contribution < 1.29 is 9.59 Å². The van der Waals surface area contributed by atoms with Crippen molar-refractivity contribution in [1.29, 1.82) is 0 Å². The van der Waals surface area contributed by atoms with Crippen LogP contribution in [0.5, 0.6) is 0 Å². The highest BCUT2D eigenvalue weighted by Crippen LogP contribution is 2.28. The number of anilines is 1. The van der Waals surface area contributed by atoms with Crippen molar-refractivity contribution in [2.45, 2.75) is 65.8 Å². The lowest BCUT2D eigenvalue weighted by Gasteiger charge is -2.29. The van der Waals surface area contributed by atoms with Gasteiger partial charge in [0.2, 0.25) is 11.8 Å². The van der Waals surface area contributed by atoms with Crippen LogP contribution in [0.3, 0.4) is 0 Å². The third kappa shape index (κ3) is 5.55. The number of carbonyl (C=O) groups excluding carboxylic acids is 2. The number of aryl methyl sites for hydroxylation is 1. The van der Waals surface area contributed by atoms with Crippen molar-refractivity contribution >= 4 is 17.6 Å². The van der Waals surface area contributed by atoms with Crippen molar-refractivity contribution in [1.82, 2.24) is 10.3 Å². The number of hydrogen-bond donors (Lipinski definition) is 2. The molecule has 1 aromatic rings. The lowest BCUT2D eigenvalue weighted by molar-refractivity contribution is -0.131. The Kier molecular flexibility index (Phi) is 6.97. The van der Waals surface area contributed by atoms with E-state index in [1.807, 2.05) is 32.9 Å². The summed E-state index contributed by atoms with van der Waals surface area (Å²) in [6, 6.07) is 4.98. The predicted molar refractivity (Wildman–Crippen MR) is 100 cm³/mol. The van der Waals surface area contributed by atoms with Gasteiger partial charge in [-0.05, 0) is 56.6 Å². The van der Waals surface area contributed by atoms with E-state index in [4.69, 9.17) is 0 Å². The molecule has 0 bridgehead atoms. The maximum atomic E-state index is 12.7. The summed E-state index contributed by atoms with van der Waals surface area (Å²) in [5.41, 5.74) is 0.846. The van der Waals surface area contributed by atoms with Crippen molar-refractivity contribution in [2.75, 3.05) is 5.32 Å². The van der Waals surface area contributed by atoms with Gasteiger partial charge in [-0.3, -0.25) is 9.59 Å². The van der Waals surface area contributed by atoms with Crippen LogP contribution in [0.4, 0.5) is 5.82 Å². The third-order valence-electron chi connectivity index (χ3n) is 5.32. The second-order valence-electron chi connectivity index (χ2n) is 7.48. The minimum Gasteiger partial charge on any atom is -0.344 e. The first-order chi connectivity index (χ1) is 11.9.